The molecule has 86 heavy (non-hydrogen) atoms. The van der Waals surface area contributed by atoms with E-state index >= 15 is 0 Å². The molecule has 1 aliphatic heterocycles. The molecule has 1 heterocycles. The van der Waals surface area contributed by atoms with Crippen molar-refractivity contribution in [3.63, 3.8) is 0 Å². The third-order valence-electron chi connectivity index (χ3n) is 17.1. The third kappa shape index (κ3) is 23.4. The van der Waals surface area contributed by atoms with Crippen molar-refractivity contribution >= 4 is 65.0 Å². The van der Waals surface area contributed by atoms with Crippen LogP contribution in [0.4, 0.5) is 0 Å². The zero-order chi connectivity index (χ0) is 62.9. The number of nitrogens with zero attached hydrogens (tertiary/aromatic N) is 1. The Bertz CT molecular complexity index is 2470. The van der Waals surface area contributed by atoms with Crippen LogP contribution in [0.1, 0.15) is 169 Å². The van der Waals surface area contributed by atoms with E-state index < -0.39 is 113 Å². The largest absolute Gasteiger partial charge is 0.370 e. The molecule has 0 aromatic heterocycles. The number of nitrogens with one attached hydrogen (secondary N) is 10. The van der Waals surface area contributed by atoms with Crippen molar-refractivity contribution in [1.82, 2.24) is 53.2 Å². The highest BCUT2D eigenvalue weighted by molar-refractivity contribution is 5.94. The minimum atomic E-state index is -1.49. The lowest BCUT2D eigenvalue weighted by Crippen LogP contribution is -2.58. The molecule has 18 N–H and O–H groups in total. The van der Waals surface area contributed by atoms with Gasteiger partial charge in [-0.3, -0.25) is 52.9 Å². The summed E-state index contributed by atoms with van der Waals surface area (Å²) in [6.45, 7) is 9.62. The van der Waals surface area contributed by atoms with Gasteiger partial charge < -0.3 is 76.1 Å². The predicted octanol–water partition coefficient (Wildman–Crippen LogP) is 0.306. The Kier molecular flexibility index (Phi) is 28.5. The van der Waals surface area contributed by atoms with Crippen molar-refractivity contribution in [2.75, 3.05) is 26.2 Å². The smallest absolute Gasteiger partial charge is 0.245 e. The number of guanidine groups is 1. The fourth-order valence-electron chi connectivity index (χ4n) is 12.6. The van der Waals surface area contributed by atoms with Crippen molar-refractivity contribution < 1.29 is 47.9 Å². The van der Waals surface area contributed by atoms with Gasteiger partial charge in [0.1, 0.15) is 23.7 Å². The van der Waals surface area contributed by atoms with Gasteiger partial charge in [-0.15, -0.1) is 0 Å². The van der Waals surface area contributed by atoms with Crippen LogP contribution in [0.3, 0.4) is 0 Å². The molecule has 1 saturated heterocycles. The summed E-state index contributed by atoms with van der Waals surface area (Å²) in [4.78, 5) is 141. The monoisotopic (exact) mass is 1200 g/mol. The molecule has 1 aromatic rings. The Hall–Kier alpha value is -6.89. The number of hydrogen-bond acceptors (Lipinski definition) is 13. The average molecular weight is 1200 g/mol. The number of unbranched alkanes of at least 4 members (excludes halogenated alkanes) is 1. The molecule has 11 atom stereocenters. The average Bonchev–Trinajstić information content (AvgIpc) is 3.69. The second-order valence-electron chi connectivity index (χ2n) is 25.3. The fourth-order valence-corrected chi connectivity index (χ4v) is 12.6. The number of rotatable bonds is 34. The Morgan fingerprint density at radius 2 is 1.21 bits per heavy atom. The molecule has 1 aromatic carbocycles. The second kappa shape index (κ2) is 35.1. The minimum Gasteiger partial charge on any atom is -0.370 e. The SMILES string of the molecule is CC(=O)N[C@@H]1CCC[C@@H]1C(=O)N[C@@H](CCCCN)C(=O)N[C@H](CC(=O)NC(C)(C)C(=O)N[C@H](CC(=O)N[C@@H](CCCN=C(N)N)C(=O)N[C@@H]1CCC[C@@H]1C(=O)N[C@@H](Cc1ccccc1)C(=O)N[C@@H]1CNC[C@@H]1C(N)=O)CC(C)C)CC1CCCCC1. The maximum atomic E-state index is 14.3. The number of hydrogen-bond donors (Lipinski definition) is 14. The summed E-state index contributed by atoms with van der Waals surface area (Å²) >= 11 is 0. The highest BCUT2D eigenvalue weighted by Crippen LogP contribution is 2.30. The number of amides is 10. The lowest BCUT2D eigenvalue weighted by molar-refractivity contribution is -0.134. The molecule has 480 valence electrons. The standard InChI is InChI=1S/C61H101N15O10/c1-36(2)29-40(70-59(86)61(4,5)76-52(79)33-41(30-38-17-8-6-9-18-38)69-56(83)48(23-12-13-27-62)73-54(81)42-21-14-24-45(42)68-37(3)77)32-51(78)71-47(26-16-28-67-60(64)65)57(84)72-46-25-15-22-43(46)55(82)74-49(31-39-19-10-7-11-20-39)58(85)75-50-35-66-34-44(50)53(63)80/h7,10-11,19-20,36,38,40-50,66H,6,8-9,12-18,21-35,62H2,1-5H3,(H2,63,80)(H,68,77)(H,69,83)(H,70,86)(H,71,78)(H,72,84)(H,73,81)(H,74,82)(H,75,85)(H,76,79)(H4,64,65,67)/t40-,41-,42-,43-,44-,45+,46+,47-,48-,49-,50+/m0/s1. The molecular weight excluding hydrogens is 1100 g/mol. The molecule has 3 aliphatic carbocycles. The summed E-state index contributed by atoms with van der Waals surface area (Å²) < 4.78 is 0. The van der Waals surface area contributed by atoms with Crippen molar-refractivity contribution in [2.24, 2.45) is 57.5 Å². The molecule has 25 heteroatoms. The summed E-state index contributed by atoms with van der Waals surface area (Å²) in [5, 5.41) is 29.6. The number of primary amides is 1. The predicted molar refractivity (Wildman–Crippen MR) is 326 cm³/mol. The number of aliphatic imine (C=N–C) groups is 1. The highest BCUT2D eigenvalue weighted by Gasteiger charge is 2.41. The lowest BCUT2D eigenvalue weighted by atomic mass is 9.84. The molecule has 0 unspecified atom stereocenters. The number of carbonyl (C=O) groups is 10. The van der Waals surface area contributed by atoms with Gasteiger partial charge in [0.05, 0.1) is 23.8 Å². The lowest BCUT2D eigenvalue weighted by Gasteiger charge is -2.31. The molecule has 0 spiro atoms. The second-order valence-corrected chi connectivity index (χ2v) is 25.3. The maximum Gasteiger partial charge on any atom is 0.245 e. The summed E-state index contributed by atoms with van der Waals surface area (Å²) in [5.41, 5.74) is 21.9. The fraction of sp³-hybridized carbons (Fsp3) is 0.721. The van der Waals surface area contributed by atoms with Crippen LogP contribution in [0.5, 0.6) is 0 Å². The number of benzene rings is 1. The van der Waals surface area contributed by atoms with E-state index in [2.05, 4.69) is 58.2 Å². The van der Waals surface area contributed by atoms with Gasteiger partial charge in [-0.2, -0.15) is 0 Å². The van der Waals surface area contributed by atoms with Crippen LogP contribution in [0.25, 0.3) is 0 Å². The van der Waals surface area contributed by atoms with Gasteiger partial charge in [0.2, 0.25) is 59.1 Å². The first-order chi connectivity index (χ1) is 40.9. The van der Waals surface area contributed by atoms with E-state index in [1.54, 1.807) is 13.8 Å². The topological polar surface area (TPSA) is 407 Å². The van der Waals surface area contributed by atoms with Crippen molar-refractivity contribution in [3.8, 4) is 0 Å². The molecule has 3 saturated carbocycles. The molecule has 5 rings (SSSR count). The van der Waals surface area contributed by atoms with Crippen LogP contribution < -0.4 is 76.1 Å². The number of carbonyl (C=O) groups excluding carboxylic acids is 10. The molecular formula is C61H101N15O10. The summed E-state index contributed by atoms with van der Waals surface area (Å²) in [6.07, 6.45) is 11.2. The van der Waals surface area contributed by atoms with E-state index in [0.717, 1.165) is 44.1 Å². The molecule has 25 nitrogen and oxygen atoms in total. The van der Waals surface area contributed by atoms with Gasteiger partial charge in [-0.1, -0.05) is 89.1 Å². The molecule has 4 fully saturated rings. The van der Waals surface area contributed by atoms with Gasteiger partial charge in [-0.25, -0.2) is 0 Å². The van der Waals surface area contributed by atoms with Crippen LogP contribution in [0.2, 0.25) is 0 Å². The van der Waals surface area contributed by atoms with E-state index in [9.17, 15) is 47.9 Å². The highest BCUT2D eigenvalue weighted by atomic mass is 16.2. The normalized spacial score (nSPS) is 22.2. The Labute approximate surface area is 507 Å². The van der Waals surface area contributed by atoms with Crippen LogP contribution in [-0.2, 0) is 54.4 Å². The quantitative estimate of drug-likeness (QED) is 0.0251. The first-order valence-corrected chi connectivity index (χ1v) is 31.4. The molecule has 10 amide bonds. The van der Waals surface area contributed by atoms with E-state index in [1.165, 1.54) is 6.92 Å². The van der Waals surface area contributed by atoms with Crippen LogP contribution in [0.15, 0.2) is 35.3 Å². The Balaban J connectivity index is 1.24. The van der Waals surface area contributed by atoms with E-state index in [1.807, 2.05) is 44.2 Å². The van der Waals surface area contributed by atoms with Crippen LogP contribution >= 0.6 is 0 Å². The van der Waals surface area contributed by atoms with Gasteiger partial charge in [-0.05, 0) is 108 Å². The van der Waals surface area contributed by atoms with Crippen molar-refractivity contribution in [2.45, 2.75) is 223 Å². The zero-order valence-corrected chi connectivity index (χ0v) is 51.4. The van der Waals surface area contributed by atoms with Crippen molar-refractivity contribution in [3.05, 3.63) is 35.9 Å². The van der Waals surface area contributed by atoms with Gasteiger partial charge in [0.15, 0.2) is 5.96 Å². The third-order valence-corrected chi connectivity index (χ3v) is 17.1. The van der Waals surface area contributed by atoms with E-state index in [4.69, 9.17) is 22.9 Å². The van der Waals surface area contributed by atoms with Gasteiger partial charge in [0, 0.05) is 70.0 Å². The van der Waals surface area contributed by atoms with E-state index in [0.29, 0.717) is 90.3 Å². The number of nitrogens with two attached hydrogens (primary N) is 4. The Morgan fingerprint density at radius 1 is 0.616 bits per heavy atom. The van der Waals surface area contributed by atoms with Crippen molar-refractivity contribution in [1.29, 1.82) is 0 Å². The molecule has 0 radical (unpaired) electrons. The zero-order valence-electron chi connectivity index (χ0n) is 51.4. The van der Waals surface area contributed by atoms with E-state index in [-0.39, 0.29) is 67.9 Å². The minimum absolute atomic E-state index is 0.00458. The molecule has 4 aliphatic rings. The first kappa shape index (κ1) is 69.9. The van der Waals surface area contributed by atoms with Crippen LogP contribution in [-0.4, -0.2) is 145 Å². The maximum absolute atomic E-state index is 14.3. The Morgan fingerprint density at radius 3 is 1.83 bits per heavy atom. The summed E-state index contributed by atoms with van der Waals surface area (Å²) in [7, 11) is 0. The molecule has 0 bridgehead atoms. The van der Waals surface area contributed by atoms with Gasteiger partial charge >= 0.3 is 0 Å². The summed E-state index contributed by atoms with van der Waals surface area (Å²) in [6, 6.07) is 3.26. The first-order valence-electron chi connectivity index (χ1n) is 31.4. The van der Waals surface area contributed by atoms with Crippen LogP contribution in [0, 0.1) is 29.6 Å². The van der Waals surface area contributed by atoms with Gasteiger partial charge in [0.25, 0.3) is 0 Å². The summed E-state index contributed by atoms with van der Waals surface area (Å²) in [5.74, 6) is -6.27.